The van der Waals surface area contributed by atoms with Crippen molar-refractivity contribution in [2.75, 3.05) is 26.2 Å². The molecule has 2 aliphatic rings. The van der Waals surface area contributed by atoms with Crippen LogP contribution < -0.4 is 0 Å². The second-order valence-electron chi connectivity index (χ2n) is 5.57. The molecule has 2 aliphatic heterocycles. The molecule has 1 atom stereocenters. The smallest absolute Gasteiger partial charge is 0.253 e. The van der Waals surface area contributed by atoms with E-state index in [2.05, 4.69) is 20.8 Å². The van der Waals surface area contributed by atoms with Crippen molar-refractivity contribution in [3.8, 4) is 0 Å². The maximum Gasteiger partial charge on any atom is 0.253 e. The Morgan fingerprint density at radius 2 is 2.05 bits per heavy atom. The Morgan fingerprint density at radius 3 is 2.85 bits per heavy atom. The van der Waals surface area contributed by atoms with Crippen LogP contribution in [0.15, 0.2) is 22.7 Å². The van der Waals surface area contributed by atoms with Crippen molar-refractivity contribution in [3.05, 3.63) is 34.1 Å². The number of hydrogen-bond acceptors (Lipinski definition) is 2. The Bertz CT molecular complexity index is 523. The maximum absolute atomic E-state index is 13.3. The van der Waals surface area contributed by atoms with Crippen LogP contribution >= 0.6 is 15.9 Å². The lowest BCUT2D eigenvalue weighted by Crippen LogP contribution is -2.39. The van der Waals surface area contributed by atoms with Crippen molar-refractivity contribution in [1.82, 2.24) is 9.80 Å². The quantitative estimate of drug-likeness (QED) is 0.784. The summed E-state index contributed by atoms with van der Waals surface area (Å²) in [5, 5.41) is 0. The van der Waals surface area contributed by atoms with Gasteiger partial charge in [0.15, 0.2) is 0 Å². The van der Waals surface area contributed by atoms with Crippen LogP contribution in [0.5, 0.6) is 0 Å². The summed E-state index contributed by atoms with van der Waals surface area (Å²) in [4.78, 5) is 17.0. The van der Waals surface area contributed by atoms with Crippen molar-refractivity contribution in [1.29, 1.82) is 0 Å². The molecule has 1 aromatic rings. The van der Waals surface area contributed by atoms with Gasteiger partial charge in [0.1, 0.15) is 5.82 Å². The summed E-state index contributed by atoms with van der Waals surface area (Å²) in [6.45, 7) is 3.84. The van der Waals surface area contributed by atoms with E-state index in [1.165, 1.54) is 18.9 Å². The van der Waals surface area contributed by atoms with Crippen LogP contribution in [0.25, 0.3) is 0 Å². The lowest BCUT2D eigenvalue weighted by molar-refractivity contribution is 0.0743. The molecule has 1 amide bonds. The predicted octanol–water partition coefficient (Wildman–Crippen LogP) is 2.90. The Morgan fingerprint density at radius 1 is 1.25 bits per heavy atom. The molecule has 1 aromatic carbocycles. The summed E-state index contributed by atoms with van der Waals surface area (Å²) >= 11 is 3.14. The van der Waals surface area contributed by atoms with Crippen LogP contribution in [0.3, 0.4) is 0 Å². The lowest BCUT2D eigenvalue weighted by Gasteiger charge is -2.25. The summed E-state index contributed by atoms with van der Waals surface area (Å²) in [5.41, 5.74) is 0.560. The van der Waals surface area contributed by atoms with Gasteiger partial charge in [-0.2, -0.15) is 0 Å². The first kappa shape index (κ1) is 14.0. The van der Waals surface area contributed by atoms with Gasteiger partial charge in [-0.25, -0.2) is 4.39 Å². The van der Waals surface area contributed by atoms with Crippen LogP contribution in [-0.2, 0) is 0 Å². The van der Waals surface area contributed by atoms with Crippen LogP contribution in [-0.4, -0.2) is 47.9 Å². The second-order valence-corrected chi connectivity index (χ2v) is 6.42. The Balaban J connectivity index is 1.77. The highest BCUT2D eigenvalue weighted by molar-refractivity contribution is 9.10. The van der Waals surface area contributed by atoms with Gasteiger partial charge in [-0.1, -0.05) is 0 Å². The highest BCUT2D eigenvalue weighted by atomic mass is 79.9. The first-order valence-electron chi connectivity index (χ1n) is 7.13. The van der Waals surface area contributed by atoms with Gasteiger partial charge in [-0.3, -0.25) is 9.69 Å². The largest absolute Gasteiger partial charge is 0.337 e. The molecule has 5 heteroatoms. The summed E-state index contributed by atoms with van der Waals surface area (Å²) in [7, 11) is 0. The first-order valence-corrected chi connectivity index (χ1v) is 7.93. The molecule has 2 saturated heterocycles. The molecule has 2 heterocycles. The summed E-state index contributed by atoms with van der Waals surface area (Å²) < 4.78 is 13.6. The van der Waals surface area contributed by atoms with E-state index in [1.54, 1.807) is 12.1 Å². The number of carbonyl (C=O) groups excluding carboxylic acids is 1. The fourth-order valence-electron chi connectivity index (χ4n) is 3.20. The molecule has 0 N–H and O–H groups in total. The van der Waals surface area contributed by atoms with Crippen LogP contribution in [0.1, 0.15) is 29.6 Å². The van der Waals surface area contributed by atoms with Gasteiger partial charge < -0.3 is 4.90 Å². The third-order valence-corrected chi connectivity index (χ3v) is 4.87. The summed E-state index contributed by atoms with van der Waals surface area (Å²) in [6, 6.07) is 5.00. The number of fused-ring (bicyclic) bond motifs is 1. The van der Waals surface area contributed by atoms with Crippen molar-refractivity contribution < 1.29 is 9.18 Å². The third-order valence-electron chi connectivity index (χ3n) is 4.26. The van der Waals surface area contributed by atoms with E-state index >= 15 is 0 Å². The number of benzene rings is 1. The number of carbonyl (C=O) groups is 1. The Labute approximate surface area is 126 Å². The molecule has 0 unspecified atom stereocenters. The van der Waals surface area contributed by atoms with Gasteiger partial charge >= 0.3 is 0 Å². The van der Waals surface area contributed by atoms with Crippen LogP contribution in [0, 0.1) is 5.82 Å². The fourth-order valence-corrected chi connectivity index (χ4v) is 3.58. The van der Waals surface area contributed by atoms with E-state index in [-0.39, 0.29) is 11.7 Å². The molecule has 0 radical (unpaired) electrons. The molecule has 3 nitrogen and oxygen atoms in total. The minimum atomic E-state index is -0.334. The highest BCUT2D eigenvalue weighted by Crippen LogP contribution is 2.23. The van der Waals surface area contributed by atoms with Crippen molar-refractivity contribution in [2.45, 2.75) is 25.3 Å². The molecule has 108 valence electrons. The van der Waals surface area contributed by atoms with Crippen molar-refractivity contribution in [3.63, 3.8) is 0 Å². The molecule has 20 heavy (non-hydrogen) atoms. The zero-order valence-electron chi connectivity index (χ0n) is 11.3. The fraction of sp³-hybridized carbons (Fsp3) is 0.533. The van der Waals surface area contributed by atoms with Gasteiger partial charge in [-0.05, 0) is 59.9 Å². The lowest BCUT2D eigenvalue weighted by atomic mass is 10.1. The van der Waals surface area contributed by atoms with E-state index in [9.17, 15) is 9.18 Å². The number of hydrogen-bond donors (Lipinski definition) is 0. The molecule has 2 fully saturated rings. The maximum atomic E-state index is 13.3. The van der Waals surface area contributed by atoms with E-state index in [0.29, 0.717) is 16.1 Å². The molecular formula is C15H18BrFN2O. The van der Waals surface area contributed by atoms with Crippen molar-refractivity contribution in [2.24, 2.45) is 0 Å². The Hall–Kier alpha value is -0.940. The first-order chi connectivity index (χ1) is 9.65. The number of nitrogens with zero attached hydrogens (tertiary/aromatic N) is 2. The van der Waals surface area contributed by atoms with Gasteiger partial charge in [0, 0.05) is 31.2 Å². The van der Waals surface area contributed by atoms with Crippen LogP contribution in [0.4, 0.5) is 4.39 Å². The van der Waals surface area contributed by atoms with E-state index < -0.39 is 0 Å². The number of halogens is 2. The topological polar surface area (TPSA) is 23.6 Å². The molecule has 0 spiro atoms. The van der Waals surface area contributed by atoms with Crippen molar-refractivity contribution >= 4 is 21.8 Å². The SMILES string of the molecule is O=C(c1ccc(F)c(Br)c1)N1CCCN2CCC[C@H]2C1. The predicted molar refractivity (Wildman–Crippen MR) is 79.2 cm³/mol. The average molecular weight is 341 g/mol. The third kappa shape index (κ3) is 2.74. The summed E-state index contributed by atoms with van der Waals surface area (Å²) in [5.74, 6) is -0.321. The summed E-state index contributed by atoms with van der Waals surface area (Å²) in [6.07, 6.45) is 3.43. The molecule has 0 bridgehead atoms. The number of rotatable bonds is 1. The zero-order chi connectivity index (χ0) is 14.1. The Kier molecular flexibility index (Phi) is 4.08. The molecule has 0 aliphatic carbocycles. The minimum absolute atomic E-state index is 0.0134. The minimum Gasteiger partial charge on any atom is -0.337 e. The van der Waals surface area contributed by atoms with Gasteiger partial charge in [0.25, 0.3) is 5.91 Å². The molecule has 0 saturated carbocycles. The molecule has 3 rings (SSSR count). The highest BCUT2D eigenvalue weighted by Gasteiger charge is 2.30. The zero-order valence-corrected chi connectivity index (χ0v) is 12.9. The van der Waals surface area contributed by atoms with E-state index in [4.69, 9.17) is 0 Å². The normalized spacial score (nSPS) is 23.5. The van der Waals surface area contributed by atoms with E-state index in [1.807, 2.05) is 4.90 Å². The van der Waals surface area contributed by atoms with Crippen LogP contribution in [0.2, 0.25) is 0 Å². The van der Waals surface area contributed by atoms with E-state index in [0.717, 1.165) is 32.6 Å². The van der Waals surface area contributed by atoms with Gasteiger partial charge in [0.2, 0.25) is 0 Å². The van der Waals surface area contributed by atoms with Gasteiger partial charge in [-0.15, -0.1) is 0 Å². The average Bonchev–Trinajstić information content (AvgIpc) is 2.78. The van der Waals surface area contributed by atoms with Gasteiger partial charge in [0.05, 0.1) is 4.47 Å². The second kappa shape index (κ2) is 5.82. The number of amides is 1. The molecular weight excluding hydrogens is 323 g/mol. The standard InChI is InChI=1S/C15H18BrFN2O/c16-13-9-11(4-5-14(13)17)15(20)19-8-2-7-18-6-1-3-12(18)10-19/h4-5,9,12H,1-3,6-8,10H2/t12-/m0/s1. The monoisotopic (exact) mass is 340 g/mol. The molecule has 0 aromatic heterocycles.